The lowest BCUT2D eigenvalue weighted by Gasteiger charge is -2.29. The summed E-state index contributed by atoms with van der Waals surface area (Å²) in [4.78, 5) is 10.6. The predicted molar refractivity (Wildman–Crippen MR) is 67.5 cm³/mol. The van der Waals surface area contributed by atoms with Crippen molar-refractivity contribution < 1.29 is 23.4 Å². The van der Waals surface area contributed by atoms with E-state index in [2.05, 4.69) is 0 Å². The summed E-state index contributed by atoms with van der Waals surface area (Å²) in [6.45, 7) is 3.75. The zero-order valence-corrected chi connectivity index (χ0v) is 11.2. The van der Waals surface area contributed by atoms with Crippen molar-refractivity contribution in [2.24, 2.45) is 5.41 Å². The Hall–Kier alpha value is -1.49. The maximum atomic E-state index is 13.6. The van der Waals surface area contributed by atoms with Crippen LogP contribution in [0.2, 0.25) is 0 Å². The van der Waals surface area contributed by atoms with Crippen molar-refractivity contribution in [3.8, 4) is 0 Å². The largest absolute Gasteiger partial charge is 0.478 e. The van der Waals surface area contributed by atoms with Crippen LogP contribution in [0.5, 0.6) is 0 Å². The molecular weight excluding hydrogens is 254 g/mol. The third-order valence-corrected chi connectivity index (χ3v) is 2.85. The predicted octanol–water partition coefficient (Wildman–Crippen LogP) is 3.58. The van der Waals surface area contributed by atoms with Gasteiger partial charge in [0.1, 0.15) is 6.61 Å². The summed E-state index contributed by atoms with van der Waals surface area (Å²) in [5.41, 5.74) is -0.335. The van der Waals surface area contributed by atoms with Crippen molar-refractivity contribution in [1.29, 1.82) is 0 Å². The highest BCUT2D eigenvalue weighted by Crippen LogP contribution is 2.35. The lowest BCUT2D eigenvalue weighted by molar-refractivity contribution is -0.149. The van der Waals surface area contributed by atoms with Crippen LogP contribution in [-0.4, -0.2) is 23.6 Å². The van der Waals surface area contributed by atoms with Crippen LogP contribution < -0.4 is 0 Å². The summed E-state index contributed by atoms with van der Waals surface area (Å²) in [5, 5.41) is 8.72. The topological polar surface area (TPSA) is 46.5 Å². The number of hydrogen-bond donors (Lipinski definition) is 1. The van der Waals surface area contributed by atoms with E-state index in [0.717, 1.165) is 0 Å². The molecule has 0 unspecified atom stereocenters. The molecule has 0 aliphatic rings. The van der Waals surface area contributed by atoms with Crippen LogP contribution in [0.1, 0.15) is 36.7 Å². The molecular formula is C14H18F2O3. The number of rotatable bonds is 5. The molecule has 0 amide bonds. The second kappa shape index (κ2) is 5.65. The van der Waals surface area contributed by atoms with Crippen LogP contribution in [0.15, 0.2) is 24.3 Å². The molecule has 1 aromatic carbocycles. The SMILES string of the molecule is CC(C)(C)C(F)(F)COCc1ccc(C(=O)O)cc1. The fraction of sp³-hybridized carbons (Fsp3) is 0.500. The molecule has 0 saturated heterocycles. The minimum absolute atomic E-state index is 0.0333. The van der Waals surface area contributed by atoms with Crippen LogP contribution in [-0.2, 0) is 11.3 Å². The summed E-state index contributed by atoms with van der Waals surface area (Å²) in [6, 6.07) is 5.95. The first-order chi connectivity index (χ1) is 8.63. The van der Waals surface area contributed by atoms with Gasteiger partial charge in [0, 0.05) is 5.41 Å². The Kier molecular flexibility index (Phi) is 4.63. The fourth-order valence-corrected chi connectivity index (χ4v) is 1.26. The van der Waals surface area contributed by atoms with Gasteiger partial charge in [0.25, 0.3) is 5.92 Å². The van der Waals surface area contributed by atoms with E-state index in [9.17, 15) is 13.6 Å². The molecule has 0 fully saturated rings. The van der Waals surface area contributed by atoms with Crippen LogP contribution in [0.25, 0.3) is 0 Å². The van der Waals surface area contributed by atoms with Gasteiger partial charge in [-0.1, -0.05) is 32.9 Å². The van der Waals surface area contributed by atoms with E-state index < -0.39 is 23.9 Å². The van der Waals surface area contributed by atoms with Gasteiger partial charge in [-0.25, -0.2) is 13.6 Å². The third-order valence-electron chi connectivity index (χ3n) is 2.85. The average Bonchev–Trinajstić information content (AvgIpc) is 2.28. The molecule has 3 nitrogen and oxygen atoms in total. The normalized spacial score (nSPS) is 12.5. The maximum Gasteiger partial charge on any atom is 0.335 e. The van der Waals surface area contributed by atoms with Gasteiger partial charge >= 0.3 is 5.97 Å². The Morgan fingerprint density at radius 1 is 1.21 bits per heavy atom. The number of carboxylic acids is 1. The second-order valence-electron chi connectivity index (χ2n) is 5.45. The lowest BCUT2D eigenvalue weighted by atomic mass is 9.88. The molecule has 5 heteroatoms. The zero-order chi connectivity index (χ0) is 14.7. The van der Waals surface area contributed by atoms with Gasteiger partial charge < -0.3 is 9.84 Å². The highest BCUT2D eigenvalue weighted by atomic mass is 19.3. The van der Waals surface area contributed by atoms with Crippen molar-refractivity contribution in [3.05, 3.63) is 35.4 Å². The van der Waals surface area contributed by atoms with Crippen molar-refractivity contribution >= 4 is 5.97 Å². The van der Waals surface area contributed by atoms with Crippen LogP contribution in [0.4, 0.5) is 8.78 Å². The molecule has 0 radical (unpaired) electrons. The van der Waals surface area contributed by atoms with Gasteiger partial charge in [-0.15, -0.1) is 0 Å². The lowest BCUT2D eigenvalue weighted by Crippen LogP contribution is -2.38. The van der Waals surface area contributed by atoms with Crippen molar-refractivity contribution in [2.75, 3.05) is 6.61 Å². The smallest absolute Gasteiger partial charge is 0.335 e. The van der Waals surface area contributed by atoms with Gasteiger partial charge in [0.05, 0.1) is 12.2 Å². The highest BCUT2D eigenvalue weighted by molar-refractivity contribution is 5.87. The van der Waals surface area contributed by atoms with E-state index in [4.69, 9.17) is 9.84 Å². The first-order valence-electron chi connectivity index (χ1n) is 5.91. The fourth-order valence-electron chi connectivity index (χ4n) is 1.26. The van der Waals surface area contributed by atoms with E-state index in [1.165, 1.54) is 32.9 Å². The molecule has 1 aromatic rings. The molecule has 106 valence electrons. The van der Waals surface area contributed by atoms with Gasteiger partial charge in [-0.2, -0.15) is 0 Å². The van der Waals surface area contributed by atoms with E-state index >= 15 is 0 Å². The van der Waals surface area contributed by atoms with Crippen LogP contribution in [0.3, 0.4) is 0 Å². The molecule has 0 heterocycles. The standard InChI is InChI=1S/C14H18F2O3/c1-13(2,3)14(15,16)9-19-8-10-4-6-11(7-5-10)12(17)18/h4-7H,8-9H2,1-3H3,(H,17,18). The summed E-state index contributed by atoms with van der Waals surface area (Å²) in [5.74, 6) is -3.93. The first-order valence-corrected chi connectivity index (χ1v) is 5.91. The minimum atomic E-state index is -2.91. The number of aromatic carboxylic acids is 1. The summed E-state index contributed by atoms with van der Waals surface area (Å²) in [7, 11) is 0. The number of hydrogen-bond acceptors (Lipinski definition) is 2. The molecule has 0 spiro atoms. The summed E-state index contributed by atoms with van der Waals surface area (Å²) < 4.78 is 32.2. The number of alkyl halides is 2. The second-order valence-corrected chi connectivity index (χ2v) is 5.45. The van der Waals surface area contributed by atoms with Gasteiger partial charge in [-0.05, 0) is 17.7 Å². The Morgan fingerprint density at radius 2 is 1.74 bits per heavy atom. The Morgan fingerprint density at radius 3 is 2.16 bits per heavy atom. The summed E-state index contributed by atoms with van der Waals surface area (Å²) in [6.07, 6.45) is 0. The molecule has 0 bridgehead atoms. The number of benzene rings is 1. The van der Waals surface area contributed by atoms with E-state index in [1.54, 1.807) is 12.1 Å². The van der Waals surface area contributed by atoms with Gasteiger partial charge in [-0.3, -0.25) is 0 Å². The molecule has 1 rings (SSSR count). The number of halogens is 2. The van der Waals surface area contributed by atoms with Crippen LogP contribution >= 0.6 is 0 Å². The minimum Gasteiger partial charge on any atom is -0.478 e. The van der Waals surface area contributed by atoms with Gasteiger partial charge in [0.15, 0.2) is 0 Å². The maximum absolute atomic E-state index is 13.6. The molecule has 1 N–H and O–H groups in total. The van der Waals surface area contributed by atoms with Crippen molar-refractivity contribution in [1.82, 2.24) is 0 Å². The average molecular weight is 272 g/mol. The van der Waals surface area contributed by atoms with E-state index in [1.807, 2.05) is 0 Å². The Labute approximate surface area is 111 Å². The quantitative estimate of drug-likeness (QED) is 0.891. The molecule has 0 atom stereocenters. The molecule has 19 heavy (non-hydrogen) atoms. The Bertz CT molecular complexity index is 433. The van der Waals surface area contributed by atoms with E-state index in [-0.39, 0.29) is 12.2 Å². The molecule has 0 aromatic heterocycles. The first kappa shape index (κ1) is 15.6. The number of carboxylic acid groups (broad SMARTS) is 1. The number of ether oxygens (including phenoxy) is 1. The molecule has 0 saturated carbocycles. The van der Waals surface area contributed by atoms with E-state index in [0.29, 0.717) is 5.56 Å². The molecule has 0 aliphatic heterocycles. The van der Waals surface area contributed by atoms with Crippen molar-refractivity contribution in [3.63, 3.8) is 0 Å². The third kappa shape index (κ3) is 4.28. The monoisotopic (exact) mass is 272 g/mol. The number of carbonyl (C=O) groups is 1. The Balaban J connectivity index is 2.52. The van der Waals surface area contributed by atoms with Crippen LogP contribution in [0, 0.1) is 5.41 Å². The van der Waals surface area contributed by atoms with Crippen molar-refractivity contribution in [2.45, 2.75) is 33.3 Å². The summed E-state index contributed by atoms with van der Waals surface area (Å²) >= 11 is 0. The highest BCUT2D eigenvalue weighted by Gasteiger charge is 2.43. The molecule has 0 aliphatic carbocycles. The van der Waals surface area contributed by atoms with Gasteiger partial charge in [0.2, 0.25) is 0 Å². The zero-order valence-electron chi connectivity index (χ0n) is 11.2.